The smallest absolute Gasteiger partial charge is 0.159 e. The molecule has 0 unspecified atom stereocenters. The number of aryl methyl sites for hydroxylation is 1. The zero-order valence-corrected chi connectivity index (χ0v) is 11.3. The van der Waals surface area contributed by atoms with Crippen LogP contribution in [0.4, 0.5) is 5.69 Å². The van der Waals surface area contributed by atoms with Gasteiger partial charge in [0.2, 0.25) is 0 Å². The maximum absolute atomic E-state index is 5.86. The van der Waals surface area contributed by atoms with Crippen molar-refractivity contribution in [2.45, 2.75) is 0 Å². The quantitative estimate of drug-likeness (QED) is 0.703. The molecular weight excluding hydrogens is 292 g/mol. The highest BCUT2D eigenvalue weighted by Gasteiger charge is 2.11. The van der Waals surface area contributed by atoms with Crippen LogP contribution in [0.5, 0.6) is 0 Å². The summed E-state index contributed by atoms with van der Waals surface area (Å²) in [6.07, 6.45) is 1.77. The highest BCUT2D eigenvalue weighted by molar-refractivity contribution is 9.10. The number of fused-ring (bicyclic) bond motifs is 1. The summed E-state index contributed by atoms with van der Waals surface area (Å²) < 4.78 is 2.91. The summed E-state index contributed by atoms with van der Waals surface area (Å²) >= 11 is 3.45. The Kier molecular flexibility index (Phi) is 2.56. The molecule has 2 N–H and O–H groups in total. The van der Waals surface area contributed by atoms with E-state index in [1.54, 1.807) is 6.20 Å². The molecule has 0 bridgehead atoms. The van der Waals surface area contributed by atoms with Crippen LogP contribution in [-0.2, 0) is 7.05 Å². The lowest BCUT2D eigenvalue weighted by Crippen LogP contribution is -1.95. The van der Waals surface area contributed by atoms with E-state index >= 15 is 0 Å². The van der Waals surface area contributed by atoms with E-state index in [2.05, 4.69) is 25.9 Å². The molecule has 2 aromatic heterocycles. The number of nitrogen functional groups attached to an aromatic ring is 1. The van der Waals surface area contributed by atoms with Crippen molar-refractivity contribution in [3.8, 4) is 11.4 Å². The first-order valence-electron chi connectivity index (χ1n) is 5.49. The van der Waals surface area contributed by atoms with Gasteiger partial charge in [0, 0.05) is 29.0 Å². The van der Waals surface area contributed by atoms with Crippen molar-refractivity contribution in [3.63, 3.8) is 0 Å². The molecular formula is C13H11BrN4. The average molecular weight is 303 g/mol. The van der Waals surface area contributed by atoms with E-state index < -0.39 is 0 Å². The molecule has 90 valence electrons. The van der Waals surface area contributed by atoms with Crippen LogP contribution < -0.4 is 5.73 Å². The van der Waals surface area contributed by atoms with E-state index in [4.69, 9.17) is 5.73 Å². The lowest BCUT2D eigenvalue weighted by atomic mass is 10.2. The number of nitrogens with zero attached hydrogens (tertiary/aromatic N) is 3. The molecule has 4 nitrogen and oxygen atoms in total. The molecule has 2 heterocycles. The lowest BCUT2D eigenvalue weighted by Gasteiger charge is -2.04. The van der Waals surface area contributed by atoms with Crippen molar-refractivity contribution < 1.29 is 0 Å². The second-order valence-corrected chi connectivity index (χ2v) is 5.03. The van der Waals surface area contributed by atoms with Gasteiger partial charge in [-0.25, -0.2) is 9.97 Å². The minimum absolute atomic E-state index is 0.708. The van der Waals surface area contributed by atoms with Crippen LogP contribution in [0.2, 0.25) is 0 Å². The van der Waals surface area contributed by atoms with Gasteiger partial charge in [0.15, 0.2) is 5.65 Å². The molecule has 0 radical (unpaired) electrons. The van der Waals surface area contributed by atoms with Gasteiger partial charge in [-0.15, -0.1) is 0 Å². The molecule has 0 saturated carbocycles. The highest BCUT2D eigenvalue weighted by atomic mass is 79.9. The van der Waals surface area contributed by atoms with Crippen molar-refractivity contribution in [1.29, 1.82) is 0 Å². The minimum Gasteiger partial charge on any atom is -0.399 e. The fourth-order valence-corrected chi connectivity index (χ4v) is 2.53. The lowest BCUT2D eigenvalue weighted by molar-refractivity contribution is 0.942. The number of rotatable bonds is 1. The van der Waals surface area contributed by atoms with Gasteiger partial charge < -0.3 is 10.3 Å². The Bertz CT molecular complexity index is 713. The van der Waals surface area contributed by atoms with Crippen LogP contribution in [0.1, 0.15) is 0 Å². The Hall–Kier alpha value is -1.88. The third-order valence-electron chi connectivity index (χ3n) is 2.81. The van der Waals surface area contributed by atoms with Crippen molar-refractivity contribution in [1.82, 2.24) is 14.5 Å². The van der Waals surface area contributed by atoms with E-state index in [0.717, 1.165) is 27.0 Å². The van der Waals surface area contributed by atoms with E-state index in [9.17, 15) is 0 Å². The van der Waals surface area contributed by atoms with Gasteiger partial charge in [0.05, 0.1) is 0 Å². The molecule has 0 aliphatic heterocycles. The van der Waals surface area contributed by atoms with Crippen LogP contribution in [0.25, 0.3) is 22.6 Å². The summed E-state index contributed by atoms with van der Waals surface area (Å²) in [7, 11) is 1.95. The number of pyridine rings is 1. The summed E-state index contributed by atoms with van der Waals surface area (Å²) in [5.41, 5.74) is 9.29. The third kappa shape index (κ3) is 1.76. The molecule has 1 aromatic carbocycles. The number of hydrogen-bond donors (Lipinski definition) is 1. The number of nitrogens with two attached hydrogens (primary N) is 1. The second-order valence-electron chi connectivity index (χ2n) is 4.11. The number of anilines is 1. The average Bonchev–Trinajstić information content (AvgIpc) is 2.66. The molecule has 3 aromatic rings. The standard InChI is InChI=1S/C13H11BrN4/c1-18-12(8-5-9(14)7-10(15)6-8)17-11-3-2-4-16-13(11)18/h2-7H,15H2,1H3. The second kappa shape index (κ2) is 4.10. The van der Waals surface area contributed by atoms with Gasteiger partial charge in [-0.3, -0.25) is 0 Å². The van der Waals surface area contributed by atoms with Gasteiger partial charge in [-0.2, -0.15) is 0 Å². The summed E-state index contributed by atoms with van der Waals surface area (Å²) in [6, 6.07) is 9.61. The zero-order valence-electron chi connectivity index (χ0n) is 9.76. The number of benzene rings is 1. The number of halogens is 1. The fraction of sp³-hybridized carbons (Fsp3) is 0.0769. The van der Waals surface area contributed by atoms with Crippen molar-refractivity contribution >= 4 is 32.8 Å². The molecule has 18 heavy (non-hydrogen) atoms. The number of hydrogen-bond acceptors (Lipinski definition) is 3. The fourth-order valence-electron chi connectivity index (χ4n) is 2.02. The molecule has 0 aliphatic rings. The van der Waals surface area contributed by atoms with Crippen LogP contribution in [0, 0.1) is 0 Å². The van der Waals surface area contributed by atoms with E-state index in [0.29, 0.717) is 5.69 Å². The Morgan fingerprint density at radius 2 is 2.11 bits per heavy atom. The molecule has 5 heteroatoms. The first-order valence-corrected chi connectivity index (χ1v) is 6.28. The van der Waals surface area contributed by atoms with Gasteiger partial charge >= 0.3 is 0 Å². The Morgan fingerprint density at radius 3 is 2.83 bits per heavy atom. The molecule has 0 spiro atoms. The van der Waals surface area contributed by atoms with E-state index in [1.165, 1.54) is 0 Å². The van der Waals surface area contributed by atoms with Gasteiger partial charge in [-0.05, 0) is 30.3 Å². The topological polar surface area (TPSA) is 56.7 Å². The minimum atomic E-state index is 0.708. The van der Waals surface area contributed by atoms with Crippen LogP contribution >= 0.6 is 15.9 Å². The molecule has 0 amide bonds. The molecule has 0 fully saturated rings. The zero-order chi connectivity index (χ0) is 12.7. The Morgan fingerprint density at radius 1 is 1.28 bits per heavy atom. The van der Waals surface area contributed by atoms with E-state index in [1.807, 2.05) is 41.9 Å². The summed E-state index contributed by atoms with van der Waals surface area (Å²) in [5.74, 6) is 0.858. The predicted molar refractivity (Wildman–Crippen MR) is 76.1 cm³/mol. The predicted octanol–water partition coefficient (Wildman–Crippen LogP) is 2.98. The third-order valence-corrected chi connectivity index (χ3v) is 3.26. The maximum atomic E-state index is 5.86. The van der Waals surface area contributed by atoms with Gasteiger partial charge in [0.1, 0.15) is 11.3 Å². The summed E-state index contributed by atoms with van der Waals surface area (Å²) in [6.45, 7) is 0. The van der Waals surface area contributed by atoms with Gasteiger partial charge in [-0.1, -0.05) is 15.9 Å². The van der Waals surface area contributed by atoms with Crippen molar-refractivity contribution in [2.24, 2.45) is 7.05 Å². The Balaban J connectivity index is 2.28. The highest BCUT2D eigenvalue weighted by Crippen LogP contribution is 2.27. The number of imidazole rings is 1. The van der Waals surface area contributed by atoms with Crippen LogP contribution in [0.3, 0.4) is 0 Å². The largest absolute Gasteiger partial charge is 0.399 e. The SMILES string of the molecule is Cn1c(-c2cc(N)cc(Br)c2)nc2cccnc21. The summed E-state index contributed by atoms with van der Waals surface area (Å²) in [4.78, 5) is 8.92. The van der Waals surface area contributed by atoms with Gasteiger partial charge in [0.25, 0.3) is 0 Å². The van der Waals surface area contributed by atoms with E-state index in [-0.39, 0.29) is 0 Å². The Labute approximate surface area is 113 Å². The normalized spacial score (nSPS) is 11.0. The van der Waals surface area contributed by atoms with Crippen molar-refractivity contribution in [3.05, 3.63) is 41.0 Å². The molecule has 0 aliphatic carbocycles. The molecule has 3 rings (SSSR count). The molecule has 0 saturated heterocycles. The van der Waals surface area contributed by atoms with Crippen molar-refractivity contribution in [2.75, 3.05) is 5.73 Å². The first kappa shape index (κ1) is 11.2. The summed E-state index contributed by atoms with van der Waals surface area (Å²) in [5, 5.41) is 0. The number of aromatic nitrogens is 3. The maximum Gasteiger partial charge on any atom is 0.159 e. The van der Waals surface area contributed by atoms with Crippen LogP contribution in [-0.4, -0.2) is 14.5 Å². The monoisotopic (exact) mass is 302 g/mol. The first-order chi connectivity index (χ1) is 8.65. The molecule has 0 atom stereocenters. The van der Waals surface area contributed by atoms with Crippen LogP contribution in [0.15, 0.2) is 41.0 Å².